The third-order valence-electron chi connectivity index (χ3n) is 6.74. The van der Waals surface area contributed by atoms with Gasteiger partial charge in [-0.15, -0.1) is 0 Å². The lowest BCUT2D eigenvalue weighted by atomic mass is 9.86. The number of benzene rings is 2. The molecule has 39 heavy (non-hydrogen) atoms. The summed E-state index contributed by atoms with van der Waals surface area (Å²) >= 11 is 0. The first kappa shape index (κ1) is 30.0. The van der Waals surface area contributed by atoms with E-state index >= 15 is 0 Å². The van der Waals surface area contributed by atoms with E-state index in [0.29, 0.717) is 42.9 Å². The molecule has 0 amide bonds. The summed E-state index contributed by atoms with van der Waals surface area (Å²) in [7, 11) is 4.51. The number of aromatic nitrogens is 1. The number of rotatable bonds is 8. The molecule has 0 saturated carbocycles. The first-order valence-corrected chi connectivity index (χ1v) is 12.9. The van der Waals surface area contributed by atoms with Gasteiger partial charge in [0.05, 0.1) is 21.3 Å². The third-order valence-corrected chi connectivity index (χ3v) is 6.74. The number of ether oxygens (including phenoxy) is 3. The van der Waals surface area contributed by atoms with E-state index in [-0.39, 0.29) is 12.0 Å². The molecule has 2 aromatic carbocycles. The molecule has 1 aromatic heterocycles. The SMILES string of the molecule is CC.COC(=O)C(c1ccccc1)N1CCc2cc(OC)c(OC)cc2C1CCc1ccc(C(F)(F)F)nc1. The fourth-order valence-electron chi connectivity index (χ4n) is 4.93. The molecule has 210 valence electrons. The van der Waals surface area contributed by atoms with E-state index in [9.17, 15) is 18.0 Å². The number of halogens is 3. The van der Waals surface area contributed by atoms with Crippen molar-refractivity contribution in [3.8, 4) is 11.5 Å². The maximum Gasteiger partial charge on any atom is 0.433 e. The average Bonchev–Trinajstić information content (AvgIpc) is 2.97. The quantitative estimate of drug-likeness (QED) is 0.298. The van der Waals surface area contributed by atoms with Crippen LogP contribution in [0.1, 0.15) is 60.3 Å². The van der Waals surface area contributed by atoms with Gasteiger partial charge < -0.3 is 14.2 Å². The number of carbonyl (C=O) groups excluding carboxylic acids is 1. The largest absolute Gasteiger partial charge is 0.493 e. The Morgan fingerprint density at radius 2 is 1.69 bits per heavy atom. The molecule has 0 spiro atoms. The van der Waals surface area contributed by atoms with E-state index in [4.69, 9.17) is 14.2 Å². The number of pyridine rings is 1. The van der Waals surface area contributed by atoms with Crippen molar-refractivity contribution >= 4 is 5.97 Å². The Morgan fingerprint density at radius 1 is 1.03 bits per heavy atom. The molecule has 6 nitrogen and oxygen atoms in total. The van der Waals surface area contributed by atoms with Gasteiger partial charge in [-0.3, -0.25) is 9.88 Å². The van der Waals surface area contributed by atoms with Crippen molar-refractivity contribution in [3.63, 3.8) is 0 Å². The summed E-state index contributed by atoms with van der Waals surface area (Å²) in [6, 6.07) is 14.9. The lowest BCUT2D eigenvalue weighted by Gasteiger charge is -2.41. The average molecular weight is 545 g/mol. The second kappa shape index (κ2) is 13.5. The number of esters is 1. The summed E-state index contributed by atoms with van der Waals surface area (Å²) < 4.78 is 55.2. The van der Waals surface area contributed by atoms with Crippen LogP contribution in [0.2, 0.25) is 0 Å². The third kappa shape index (κ3) is 6.89. The first-order chi connectivity index (χ1) is 18.8. The predicted molar refractivity (Wildman–Crippen MR) is 143 cm³/mol. The van der Waals surface area contributed by atoms with Crippen LogP contribution in [0.3, 0.4) is 0 Å². The van der Waals surface area contributed by atoms with Crippen LogP contribution in [0, 0.1) is 0 Å². The summed E-state index contributed by atoms with van der Waals surface area (Å²) in [4.78, 5) is 18.8. The van der Waals surface area contributed by atoms with Crippen molar-refractivity contribution < 1.29 is 32.2 Å². The molecule has 0 fully saturated rings. The molecule has 2 atom stereocenters. The Balaban J connectivity index is 0.00000205. The molecular formula is C30H35F3N2O4. The highest BCUT2D eigenvalue weighted by molar-refractivity contribution is 5.77. The van der Waals surface area contributed by atoms with Crippen LogP contribution < -0.4 is 9.47 Å². The first-order valence-electron chi connectivity index (χ1n) is 12.9. The minimum atomic E-state index is -4.49. The molecule has 0 bridgehead atoms. The van der Waals surface area contributed by atoms with Crippen molar-refractivity contribution in [1.82, 2.24) is 9.88 Å². The summed E-state index contributed by atoms with van der Waals surface area (Å²) in [5.41, 5.74) is 2.61. The molecule has 4 rings (SSSR count). The normalized spacial score (nSPS) is 15.8. The highest BCUT2D eigenvalue weighted by Crippen LogP contribution is 2.43. The van der Waals surface area contributed by atoms with Gasteiger partial charge in [0.25, 0.3) is 0 Å². The summed E-state index contributed by atoms with van der Waals surface area (Å²) in [5, 5.41) is 0. The van der Waals surface area contributed by atoms with Gasteiger partial charge in [-0.1, -0.05) is 50.2 Å². The molecular weight excluding hydrogens is 509 g/mol. The van der Waals surface area contributed by atoms with Crippen LogP contribution in [0.5, 0.6) is 11.5 Å². The van der Waals surface area contributed by atoms with Crippen molar-refractivity contribution in [2.45, 2.75) is 51.4 Å². The molecule has 0 saturated heterocycles. The Kier molecular flexibility index (Phi) is 10.3. The Morgan fingerprint density at radius 3 is 2.26 bits per heavy atom. The van der Waals surface area contributed by atoms with Crippen molar-refractivity contribution in [3.05, 3.63) is 88.7 Å². The van der Waals surface area contributed by atoms with Crippen LogP contribution in [0.15, 0.2) is 60.8 Å². The fraction of sp³-hybridized carbons (Fsp3) is 0.400. The van der Waals surface area contributed by atoms with Gasteiger partial charge in [-0.25, -0.2) is 4.79 Å². The van der Waals surface area contributed by atoms with Crippen molar-refractivity contribution in [2.24, 2.45) is 0 Å². The molecule has 0 aliphatic carbocycles. The van der Waals surface area contributed by atoms with E-state index in [1.807, 2.05) is 56.3 Å². The van der Waals surface area contributed by atoms with E-state index < -0.39 is 17.9 Å². The maximum atomic E-state index is 13.1. The zero-order valence-electron chi connectivity index (χ0n) is 22.9. The molecule has 1 aliphatic heterocycles. The summed E-state index contributed by atoms with van der Waals surface area (Å²) in [6.45, 7) is 4.58. The van der Waals surface area contributed by atoms with Gasteiger partial charge in [-0.05, 0) is 59.7 Å². The van der Waals surface area contributed by atoms with Gasteiger partial charge in [-0.2, -0.15) is 13.2 Å². The zero-order chi connectivity index (χ0) is 28.6. The Hall–Kier alpha value is -3.59. The topological polar surface area (TPSA) is 60.9 Å². The molecule has 9 heteroatoms. The molecule has 2 unspecified atom stereocenters. The lowest BCUT2D eigenvalue weighted by Crippen LogP contribution is -2.42. The van der Waals surface area contributed by atoms with Crippen LogP contribution in [0.4, 0.5) is 13.2 Å². The number of methoxy groups -OCH3 is 3. The highest BCUT2D eigenvalue weighted by atomic mass is 19.4. The highest BCUT2D eigenvalue weighted by Gasteiger charge is 2.38. The predicted octanol–water partition coefficient (Wildman–Crippen LogP) is 6.59. The van der Waals surface area contributed by atoms with Gasteiger partial charge in [0.1, 0.15) is 11.7 Å². The smallest absolute Gasteiger partial charge is 0.433 e. The molecule has 1 aliphatic rings. The number of nitrogens with zero attached hydrogens (tertiary/aromatic N) is 2. The minimum absolute atomic E-state index is 0.241. The van der Waals surface area contributed by atoms with Crippen LogP contribution in [0.25, 0.3) is 0 Å². The zero-order valence-corrected chi connectivity index (χ0v) is 22.9. The van der Waals surface area contributed by atoms with Crippen molar-refractivity contribution in [1.29, 1.82) is 0 Å². The van der Waals surface area contributed by atoms with Gasteiger partial charge >= 0.3 is 12.1 Å². The van der Waals surface area contributed by atoms with Crippen LogP contribution in [-0.4, -0.2) is 43.7 Å². The number of alkyl halides is 3. The standard InChI is InChI=1S/C28H29F3N2O4.C2H6/c1-35-23-15-20-13-14-33(26(27(34)37-3)19-7-5-4-6-8-19)22(21(20)16-24(23)36-2)11-9-18-10-12-25(32-17-18)28(29,30)31;1-2/h4-8,10,12,15-17,22,26H,9,11,13-14H2,1-3H3;1-2H3. The molecule has 3 aromatic rings. The van der Waals surface area contributed by atoms with Crippen LogP contribution in [-0.2, 0) is 28.5 Å². The minimum Gasteiger partial charge on any atom is -0.493 e. The second-order valence-electron chi connectivity index (χ2n) is 8.83. The van der Waals surface area contributed by atoms with E-state index in [2.05, 4.69) is 9.88 Å². The second-order valence-corrected chi connectivity index (χ2v) is 8.83. The fourth-order valence-corrected chi connectivity index (χ4v) is 4.93. The van der Waals surface area contributed by atoms with Gasteiger partial charge in [0, 0.05) is 18.8 Å². The Labute approximate surface area is 227 Å². The van der Waals surface area contributed by atoms with E-state index in [1.54, 1.807) is 14.2 Å². The van der Waals surface area contributed by atoms with E-state index in [0.717, 1.165) is 22.8 Å². The number of hydrogen-bond donors (Lipinski definition) is 0. The van der Waals surface area contributed by atoms with Gasteiger partial charge in [0.2, 0.25) is 0 Å². The van der Waals surface area contributed by atoms with Crippen LogP contribution >= 0.6 is 0 Å². The summed E-state index contributed by atoms with van der Waals surface area (Å²) in [6.07, 6.45) is -1.55. The van der Waals surface area contributed by atoms with E-state index in [1.165, 1.54) is 19.4 Å². The number of fused-ring (bicyclic) bond motifs is 1. The number of carbonyl (C=O) groups is 1. The molecule has 0 N–H and O–H groups in total. The monoisotopic (exact) mass is 544 g/mol. The number of hydrogen-bond acceptors (Lipinski definition) is 6. The Bertz CT molecular complexity index is 1220. The van der Waals surface area contributed by atoms with Gasteiger partial charge in [0.15, 0.2) is 11.5 Å². The molecule has 2 heterocycles. The number of aryl methyl sites for hydroxylation is 1. The summed E-state index contributed by atoms with van der Waals surface area (Å²) in [5.74, 6) is 0.808. The maximum absolute atomic E-state index is 13.1. The molecule has 0 radical (unpaired) electrons. The lowest BCUT2D eigenvalue weighted by molar-refractivity contribution is -0.149. The van der Waals surface area contributed by atoms with Crippen molar-refractivity contribution in [2.75, 3.05) is 27.9 Å².